The van der Waals surface area contributed by atoms with E-state index in [4.69, 9.17) is 4.74 Å². The third kappa shape index (κ3) is 1.77. The van der Waals surface area contributed by atoms with Crippen molar-refractivity contribution in [3.8, 4) is 5.75 Å². The average Bonchev–Trinajstić information content (AvgIpc) is 3.14. The quantitative estimate of drug-likeness (QED) is 0.617. The zero-order valence-corrected chi connectivity index (χ0v) is 11.6. The summed E-state index contributed by atoms with van der Waals surface area (Å²) in [6.07, 6.45) is 11.8. The molecule has 0 radical (unpaired) electrons. The molecule has 1 unspecified atom stereocenters. The monoisotopic (exact) mass is 267 g/mol. The predicted molar refractivity (Wildman–Crippen MR) is 76.9 cm³/mol. The number of imidazole rings is 1. The predicted octanol–water partition coefficient (Wildman–Crippen LogP) is 2.43. The molecule has 1 aliphatic heterocycles. The third-order valence-corrected chi connectivity index (χ3v) is 4.41. The molecule has 3 nitrogen and oxygen atoms in total. The molecule has 2 aromatic rings. The van der Waals surface area contributed by atoms with Crippen LogP contribution >= 0.6 is 0 Å². The molecule has 4 rings (SSSR count). The molecule has 1 aromatic heterocycles. The Balaban J connectivity index is 1.71. The van der Waals surface area contributed by atoms with E-state index < -0.39 is 0 Å². The van der Waals surface area contributed by atoms with Crippen LogP contribution < -0.4 is 9.30 Å². The van der Waals surface area contributed by atoms with E-state index in [1.54, 1.807) is 0 Å². The highest BCUT2D eigenvalue weighted by Crippen LogP contribution is 2.39. The molecule has 2 heterocycles. The van der Waals surface area contributed by atoms with Crippen molar-refractivity contribution >= 4 is 0 Å². The van der Waals surface area contributed by atoms with Crippen LogP contribution in [0.2, 0.25) is 0 Å². The summed E-state index contributed by atoms with van der Waals surface area (Å²) in [6, 6.07) is 5.08. The van der Waals surface area contributed by atoms with Crippen LogP contribution in [0.5, 0.6) is 5.75 Å². The van der Waals surface area contributed by atoms with Crippen LogP contribution in [0.3, 0.4) is 0 Å². The summed E-state index contributed by atoms with van der Waals surface area (Å²) in [7, 11) is 0. The van der Waals surface area contributed by atoms with E-state index in [1.807, 2.05) is 6.08 Å². The summed E-state index contributed by atoms with van der Waals surface area (Å²) >= 11 is 0. The van der Waals surface area contributed by atoms with Crippen molar-refractivity contribution in [1.29, 1.82) is 0 Å². The highest BCUT2D eigenvalue weighted by atomic mass is 16.5. The second kappa shape index (κ2) is 4.51. The number of benzene rings is 1. The number of ether oxygens (including phenoxy) is 1. The van der Waals surface area contributed by atoms with Crippen molar-refractivity contribution in [2.75, 3.05) is 6.61 Å². The molecular formula is C17H19N2O+. The number of hydrogen-bond donors (Lipinski definition) is 0. The smallest absolute Gasteiger partial charge is 0.244 e. The second-order valence-electron chi connectivity index (χ2n) is 5.66. The molecule has 102 valence electrons. The van der Waals surface area contributed by atoms with Gasteiger partial charge < -0.3 is 4.74 Å². The highest BCUT2D eigenvalue weighted by molar-refractivity contribution is 5.48. The molecule has 0 amide bonds. The Morgan fingerprint density at radius 1 is 1.35 bits per heavy atom. The van der Waals surface area contributed by atoms with Gasteiger partial charge in [-0.2, -0.15) is 0 Å². The van der Waals surface area contributed by atoms with Crippen LogP contribution in [0, 0.1) is 0 Å². The lowest BCUT2D eigenvalue weighted by molar-refractivity contribution is -0.686. The van der Waals surface area contributed by atoms with Crippen LogP contribution in [0.25, 0.3) is 0 Å². The van der Waals surface area contributed by atoms with Gasteiger partial charge in [0, 0.05) is 12.0 Å². The molecule has 0 spiro atoms. The van der Waals surface area contributed by atoms with Crippen LogP contribution in [0.1, 0.15) is 29.2 Å². The molecule has 0 bridgehead atoms. The van der Waals surface area contributed by atoms with Crippen LogP contribution in [-0.2, 0) is 19.4 Å². The van der Waals surface area contributed by atoms with E-state index in [9.17, 15) is 0 Å². The third-order valence-electron chi connectivity index (χ3n) is 4.41. The summed E-state index contributed by atoms with van der Waals surface area (Å²) in [5.74, 6) is 1.10. The largest absolute Gasteiger partial charge is 0.493 e. The highest BCUT2D eigenvalue weighted by Gasteiger charge is 2.30. The molecule has 2 aliphatic rings. The first-order chi connectivity index (χ1) is 9.85. The summed E-state index contributed by atoms with van der Waals surface area (Å²) < 4.78 is 10.2. The lowest BCUT2D eigenvalue weighted by atomic mass is 10.0. The summed E-state index contributed by atoms with van der Waals surface area (Å²) in [5, 5.41) is 0. The van der Waals surface area contributed by atoms with Crippen LogP contribution in [0.15, 0.2) is 43.5 Å². The summed E-state index contributed by atoms with van der Waals surface area (Å²) in [6.45, 7) is 5.49. The van der Waals surface area contributed by atoms with E-state index in [2.05, 4.69) is 46.6 Å². The Morgan fingerprint density at radius 2 is 2.30 bits per heavy atom. The molecule has 3 heteroatoms. The molecular weight excluding hydrogens is 248 g/mol. The SMILES string of the molecule is C=CC[n+]1ccn(C2CCc3cc4c(cc32)OCC4)c1. The molecule has 0 saturated carbocycles. The summed E-state index contributed by atoms with van der Waals surface area (Å²) in [4.78, 5) is 0. The van der Waals surface area contributed by atoms with Crippen molar-refractivity contribution in [3.05, 3.63) is 60.2 Å². The van der Waals surface area contributed by atoms with E-state index >= 15 is 0 Å². The van der Waals surface area contributed by atoms with Crippen LogP contribution in [0.4, 0.5) is 0 Å². The first-order valence-corrected chi connectivity index (χ1v) is 7.31. The normalized spacial score (nSPS) is 19.5. The fourth-order valence-electron chi connectivity index (χ4n) is 3.43. The van der Waals surface area contributed by atoms with Gasteiger partial charge in [-0.15, -0.1) is 0 Å². The van der Waals surface area contributed by atoms with Gasteiger partial charge in [0.2, 0.25) is 6.33 Å². The van der Waals surface area contributed by atoms with Gasteiger partial charge in [-0.1, -0.05) is 18.7 Å². The van der Waals surface area contributed by atoms with Crippen molar-refractivity contribution in [2.24, 2.45) is 0 Å². The maximum Gasteiger partial charge on any atom is 0.244 e. The van der Waals surface area contributed by atoms with Crippen molar-refractivity contribution < 1.29 is 9.30 Å². The van der Waals surface area contributed by atoms with Gasteiger partial charge in [0.15, 0.2) is 0 Å². The van der Waals surface area contributed by atoms with Crippen molar-refractivity contribution in [1.82, 2.24) is 4.57 Å². The number of allylic oxidation sites excluding steroid dienone is 1. The van der Waals surface area contributed by atoms with Gasteiger partial charge in [0.05, 0.1) is 6.61 Å². The van der Waals surface area contributed by atoms with E-state index in [0.29, 0.717) is 6.04 Å². The molecule has 1 aromatic carbocycles. The van der Waals surface area contributed by atoms with Gasteiger partial charge >= 0.3 is 0 Å². The topological polar surface area (TPSA) is 18.0 Å². The molecule has 0 N–H and O–H groups in total. The minimum Gasteiger partial charge on any atom is -0.493 e. The van der Waals surface area contributed by atoms with E-state index in [1.165, 1.54) is 29.5 Å². The molecule has 0 saturated heterocycles. The fraction of sp³-hybridized carbons (Fsp3) is 0.353. The number of hydrogen-bond acceptors (Lipinski definition) is 1. The average molecular weight is 267 g/mol. The maximum absolute atomic E-state index is 5.72. The van der Waals surface area contributed by atoms with E-state index in [0.717, 1.165) is 25.3 Å². The molecule has 1 aliphatic carbocycles. The lowest BCUT2D eigenvalue weighted by Crippen LogP contribution is -2.29. The van der Waals surface area contributed by atoms with Crippen molar-refractivity contribution in [2.45, 2.75) is 31.8 Å². The van der Waals surface area contributed by atoms with Gasteiger partial charge in [0.25, 0.3) is 0 Å². The summed E-state index contributed by atoms with van der Waals surface area (Å²) in [5.41, 5.74) is 4.33. The van der Waals surface area contributed by atoms with Crippen LogP contribution in [-0.4, -0.2) is 11.2 Å². The zero-order chi connectivity index (χ0) is 13.5. The van der Waals surface area contributed by atoms with Crippen molar-refractivity contribution in [3.63, 3.8) is 0 Å². The first-order valence-electron chi connectivity index (χ1n) is 7.31. The Labute approximate surface area is 119 Å². The number of rotatable bonds is 3. The van der Waals surface area contributed by atoms with Gasteiger partial charge in [-0.05, 0) is 30.0 Å². The van der Waals surface area contributed by atoms with Gasteiger partial charge in [0.1, 0.15) is 30.7 Å². The number of nitrogens with zero attached hydrogens (tertiary/aromatic N) is 2. The fourth-order valence-corrected chi connectivity index (χ4v) is 3.43. The Kier molecular flexibility index (Phi) is 2.66. The lowest BCUT2D eigenvalue weighted by Gasteiger charge is -2.09. The minimum atomic E-state index is 0.450. The molecule has 20 heavy (non-hydrogen) atoms. The standard InChI is InChI=1S/C17H19N2O/c1-2-6-18-7-8-19(12-18)16-4-3-13-10-14-5-9-20-17(14)11-15(13)16/h2,7-8,10-12,16H,1,3-6,9H2/q+1. The number of aromatic nitrogens is 2. The Hall–Kier alpha value is -2.03. The van der Waals surface area contributed by atoms with E-state index in [-0.39, 0.29) is 0 Å². The minimum absolute atomic E-state index is 0.450. The molecule has 0 fully saturated rings. The number of fused-ring (bicyclic) bond motifs is 2. The Bertz CT molecular complexity index is 672. The number of aryl methyl sites for hydroxylation is 1. The first kappa shape index (κ1) is 11.8. The molecule has 1 atom stereocenters. The zero-order valence-electron chi connectivity index (χ0n) is 11.6. The van der Waals surface area contributed by atoms with Gasteiger partial charge in [-0.25, -0.2) is 9.13 Å². The maximum atomic E-state index is 5.72. The Morgan fingerprint density at radius 3 is 3.20 bits per heavy atom. The second-order valence-corrected chi connectivity index (χ2v) is 5.66. The van der Waals surface area contributed by atoms with Gasteiger partial charge in [-0.3, -0.25) is 0 Å².